The fourth-order valence-electron chi connectivity index (χ4n) is 3.46. The molecular formula is C17H20N4. The maximum atomic E-state index is 4.45. The summed E-state index contributed by atoms with van der Waals surface area (Å²) in [5, 5.41) is 8.85. The molecule has 2 aliphatic rings. The Morgan fingerprint density at radius 1 is 1.00 bits per heavy atom. The molecule has 3 heterocycles. The molecule has 0 aliphatic carbocycles. The number of aromatic nitrogens is 2. The third-order valence-electron chi connectivity index (χ3n) is 4.77. The van der Waals surface area contributed by atoms with Gasteiger partial charge < -0.3 is 9.80 Å². The van der Waals surface area contributed by atoms with Crippen molar-refractivity contribution in [2.45, 2.75) is 12.5 Å². The fourth-order valence-corrected chi connectivity index (χ4v) is 3.46. The maximum absolute atomic E-state index is 4.45. The zero-order valence-corrected chi connectivity index (χ0v) is 12.3. The van der Waals surface area contributed by atoms with Gasteiger partial charge in [0.2, 0.25) is 0 Å². The Hall–Kier alpha value is -1.94. The third kappa shape index (κ3) is 2.29. The van der Waals surface area contributed by atoms with E-state index in [2.05, 4.69) is 51.3 Å². The minimum Gasteiger partial charge on any atom is -0.350 e. The van der Waals surface area contributed by atoms with Crippen LogP contribution in [0.4, 0.5) is 5.82 Å². The second kappa shape index (κ2) is 5.11. The lowest BCUT2D eigenvalue weighted by Gasteiger charge is -2.53. The number of likely N-dealkylation sites (N-methyl/N-ethyl adjacent to an activating group) is 1. The monoisotopic (exact) mass is 280 g/mol. The molecule has 4 nitrogen and oxygen atoms in total. The van der Waals surface area contributed by atoms with Crippen LogP contribution < -0.4 is 4.90 Å². The summed E-state index contributed by atoms with van der Waals surface area (Å²) in [7, 11) is 2.21. The quantitative estimate of drug-likeness (QED) is 0.845. The third-order valence-corrected chi connectivity index (χ3v) is 4.77. The van der Waals surface area contributed by atoms with Crippen LogP contribution in [0.2, 0.25) is 0 Å². The van der Waals surface area contributed by atoms with Gasteiger partial charge in [0.1, 0.15) is 0 Å². The summed E-state index contributed by atoms with van der Waals surface area (Å²) in [6.07, 6.45) is 1.31. The second-order valence-electron chi connectivity index (χ2n) is 6.17. The van der Waals surface area contributed by atoms with Crippen molar-refractivity contribution in [1.82, 2.24) is 15.1 Å². The summed E-state index contributed by atoms with van der Waals surface area (Å²) in [6.45, 7) is 3.51. The van der Waals surface area contributed by atoms with Crippen molar-refractivity contribution in [3.05, 3.63) is 42.5 Å². The summed E-state index contributed by atoms with van der Waals surface area (Å²) < 4.78 is 0. The molecule has 4 rings (SSSR count). The number of likely N-dealkylation sites (tertiary alicyclic amines) is 1. The summed E-state index contributed by atoms with van der Waals surface area (Å²) in [5.41, 5.74) is 2.06. The van der Waals surface area contributed by atoms with E-state index in [1.807, 2.05) is 18.2 Å². The van der Waals surface area contributed by atoms with Crippen molar-refractivity contribution in [3.8, 4) is 11.3 Å². The average Bonchev–Trinajstić information content (AvgIpc) is 2.52. The Balaban J connectivity index is 1.52. The van der Waals surface area contributed by atoms with Crippen LogP contribution in [0.25, 0.3) is 11.3 Å². The predicted octanol–water partition coefficient (Wildman–Crippen LogP) is 2.28. The van der Waals surface area contributed by atoms with Gasteiger partial charge in [-0.2, -0.15) is 0 Å². The molecule has 1 aromatic carbocycles. The van der Waals surface area contributed by atoms with Crippen LogP contribution in [-0.4, -0.2) is 47.8 Å². The van der Waals surface area contributed by atoms with Crippen LogP contribution in [0, 0.1) is 5.92 Å². The highest BCUT2D eigenvalue weighted by Crippen LogP contribution is 2.35. The van der Waals surface area contributed by atoms with E-state index in [9.17, 15) is 0 Å². The normalized spacial score (nSPS) is 25.3. The number of rotatable bonds is 2. The number of benzene rings is 1. The molecule has 2 atom stereocenters. The SMILES string of the molecule is CN1CCC2CN(c3ccc(-c4ccccc4)nn3)C2C1. The molecule has 0 N–H and O–H groups in total. The van der Waals surface area contributed by atoms with Gasteiger partial charge in [-0.3, -0.25) is 0 Å². The van der Waals surface area contributed by atoms with Gasteiger partial charge in [-0.15, -0.1) is 10.2 Å². The van der Waals surface area contributed by atoms with E-state index in [0.717, 1.165) is 36.1 Å². The number of hydrogen-bond donors (Lipinski definition) is 0. The summed E-state index contributed by atoms with van der Waals surface area (Å²) in [6, 6.07) is 15.0. The van der Waals surface area contributed by atoms with Crippen molar-refractivity contribution in [1.29, 1.82) is 0 Å². The minimum absolute atomic E-state index is 0.626. The van der Waals surface area contributed by atoms with E-state index < -0.39 is 0 Å². The van der Waals surface area contributed by atoms with Gasteiger partial charge in [-0.05, 0) is 38.1 Å². The fraction of sp³-hybridized carbons (Fsp3) is 0.412. The lowest BCUT2D eigenvalue weighted by atomic mass is 9.82. The Bertz CT molecular complexity index is 610. The Labute approximate surface area is 125 Å². The zero-order chi connectivity index (χ0) is 14.2. The molecule has 108 valence electrons. The molecule has 4 heteroatoms. The van der Waals surface area contributed by atoms with E-state index in [4.69, 9.17) is 0 Å². The smallest absolute Gasteiger partial charge is 0.151 e. The van der Waals surface area contributed by atoms with Gasteiger partial charge >= 0.3 is 0 Å². The molecular weight excluding hydrogens is 260 g/mol. The molecule has 2 fully saturated rings. The van der Waals surface area contributed by atoms with Gasteiger partial charge in [0.15, 0.2) is 5.82 Å². The molecule has 2 unspecified atom stereocenters. The largest absolute Gasteiger partial charge is 0.350 e. The second-order valence-corrected chi connectivity index (χ2v) is 6.17. The topological polar surface area (TPSA) is 32.3 Å². The minimum atomic E-state index is 0.626. The molecule has 0 amide bonds. The first-order valence-corrected chi connectivity index (χ1v) is 7.65. The number of piperidine rings is 1. The average molecular weight is 280 g/mol. The molecule has 0 bridgehead atoms. The van der Waals surface area contributed by atoms with Gasteiger partial charge in [-0.1, -0.05) is 30.3 Å². The predicted molar refractivity (Wildman–Crippen MR) is 84.2 cm³/mol. The Kier molecular flexibility index (Phi) is 3.11. The Morgan fingerprint density at radius 3 is 2.62 bits per heavy atom. The van der Waals surface area contributed by atoms with Gasteiger partial charge in [0.25, 0.3) is 0 Å². The summed E-state index contributed by atoms with van der Waals surface area (Å²) >= 11 is 0. The highest BCUT2D eigenvalue weighted by atomic mass is 15.3. The highest BCUT2D eigenvalue weighted by Gasteiger charge is 2.42. The first-order valence-electron chi connectivity index (χ1n) is 7.65. The highest BCUT2D eigenvalue weighted by molar-refractivity contribution is 5.59. The van der Waals surface area contributed by atoms with Crippen LogP contribution >= 0.6 is 0 Å². The van der Waals surface area contributed by atoms with Crippen LogP contribution in [0.1, 0.15) is 6.42 Å². The molecule has 21 heavy (non-hydrogen) atoms. The molecule has 2 aliphatic heterocycles. The van der Waals surface area contributed by atoms with Crippen LogP contribution in [0.15, 0.2) is 42.5 Å². The number of anilines is 1. The standard InChI is InChI=1S/C17H20N4/c1-20-10-9-14-11-21(16(14)12-20)17-8-7-15(18-19-17)13-5-3-2-4-6-13/h2-8,14,16H,9-12H2,1H3. The zero-order valence-electron chi connectivity index (χ0n) is 12.3. The van der Waals surface area contributed by atoms with Gasteiger partial charge in [0, 0.05) is 24.7 Å². The van der Waals surface area contributed by atoms with E-state index in [-0.39, 0.29) is 0 Å². The maximum Gasteiger partial charge on any atom is 0.151 e. The van der Waals surface area contributed by atoms with Crippen LogP contribution in [0.3, 0.4) is 0 Å². The van der Waals surface area contributed by atoms with Crippen molar-refractivity contribution >= 4 is 5.82 Å². The molecule has 0 radical (unpaired) electrons. The molecule has 1 aromatic heterocycles. The first kappa shape index (κ1) is 12.8. The van der Waals surface area contributed by atoms with Crippen molar-refractivity contribution in [2.24, 2.45) is 5.92 Å². The lowest BCUT2D eigenvalue weighted by Crippen LogP contribution is -2.64. The first-order chi connectivity index (χ1) is 10.3. The van der Waals surface area contributed by atoms with Gasteiger partial charge in [-0.25, -0.2) is 0 Å². The summed E-state index contributed by atoms with van der Waals surface area (Å²) in [5.74, 6) is 1.86. The molecule has 0 saturated carbocycles. The molecule has 2 aromatic rings. The van der Waals surface area contributed by atoms with Crippen molar-refractivity contribution in [2.75, 3.05) is 31.6 Å². The van der Waals surface area contributed by atoms with E-state index in [1.54, 1.807) is 0 Å². The molecule has 0 spiro atoms. The van der Waals surface area contributed by atoms with E-state index in [0.29, 0.717) is 6.04 Å². The molecule has 2 saturated heterocycles. The van der Waals surface area contributed by atoms with Crippen LogP contribution in [0.5, 0.6) is 0 Å². The number of fused-ring (bicyclic) bond motifs is 1. The number of hydrogen-bond acceptors (Lipinski definition) is 4. The van der Waals surface area contributed by atoms with Crippen molar-refractivity contribution in [3.63, 3.8) is 0 Å². The number of nitrogens with zero attached hydrogens (tertiary/aromatic N) is 4. The van der Waals surface area contributed by atoms with Crippen LogP contribution in [-0.2, 0) is 0 Å². The summed E-state index contributed by atoms with van der Waals surface area (Å²) in [4.78, 5) is 4.82. The van der Waals surface area contributed by atoms with E-state index in [1.165, 1.54) is 13.0 Å². The van der Waals surface area contributed by atoms with Gasteiger partial charge in [0.05, 0.1) is 5.69 Å². The van der Waals surface area contributed by atoms with Crippen molar-refractivity contribution < 1.29 is 0 Å². The Morgan fingerprint density at radius 2 is 1.86 bits per heavy atom. The van der Waals surface area contributed by atoms with E-state index >= 15 is 0 Å². The lowest BCUT2D eigenvalue weighted by molar-refractivity contribution is 0.134.